The lowest BCUT2D eigenvalue weighted by atomic mass is 10.3. The molecule has 1 aromatic carbocycles. The molecule has 1 aromatic rings. The Morgan fingerprint density at radius 3 is 2.85 bits per heavy atom. The summed E-state index contributed by atoms with van der Waals surface area (Å²) in [6, 6.07) is 6.62. The maximum Gasteiger partial charge on any atom is 0.340 e. The van der Waals surface area contributed by atoms with E-state index in [-0.39, 0.29) is 5.91 Å². The first-order chi connectivity index (χ1) is 9.52. The topological polar surface area (TPSA) is 64.6 Å². The van der Waals surface area contributed by atoms with Crippen molar-refractivity contribution in [2.24, 2.45) is 0 Å². The van der Waals surface area contributed by atoms with Gasteiger partial charge in [0.25, 0.3) is 0 Å². The first-order valence-corrected chi connectivity index (χ1v) is 6.34. The third-order valence-electron chi connectivity index (χ3n) is 2.39. The molecule has 5 nitrogen and oxygen atoms in total. The quantitative estimate of drug-likeness (QED) is 0.360. The second kappa shape index (κ2) is 8.12. The predicted octanol–water partition coefficient (Wildman–Crippen LogP) is 2.53. The van der Waals surface area contributed by atoms with Crippen molar-refractivity contribution >= 4 is 17.6 Å². The highest BCUT2D eigenvalue weighted by Crippen LogP contribution is 2.18. The number of esters is 1. The normalized spacial score (nSPS) is 11.5. The highest BCUT2D eigenvalue weighted by molar-refractivity contribution is 5.89. The van der Waals surface area contributed by atoms with Crippen LogP contribution in [-0.4, -0.2) is 24.6 Å². The van der Waals surface area contributed by atoms with E-state index in [1.807, 2.05) is 0 Å². The van der Waals surface area contributed by atoms with Crippen molar-refractivity contribution in [3.8, 4) is 5.75 Å². The zero-order valence-corrected chi connectivity index (χ0v) is 11.7. The molecule has 0 aromatic heterocycles. The lowest BCUT2D eigenvalue weighted by molar-refractivity contribution is -0.146. The molecule has 1 N–H and O–H groups in total. The Hall–Kier alpha value is -2.14. The van der Waals surface area contributed by atoms with Crippen molar-refractivity contribution in [2.75, 3.05) is 11.9 Å². The molecule has 0 aliphatic carbocycles. The fraction of sp³-hybridized carbons (Fsp3) is 0.333. The van der Waals surface area contributed by atoms with E-state index in [2.05, 4.69) is 11.9 Å². The molecule has 1 amide bonds. The second-order valence-corrected chi connectivity index (χ2v) is 4.22. The van der Waals surface area contributed by atoms with Crippen molar-refractivity contribution in [3.63, 3.8) is 0 Å². The smallest absolute Gasteiger partial charge is 0.340 e. The van der Waals surface area contributed by atoms with Gasteiger partial charge < -0.3 is 14.8 Å². The van der Waals surface area contributed by atoms with Crippen LogP contribution in [0.5, 0.6) is 5.75 Å². The van der Waals surface area contributed by atoms with Crippen LogP contribution in [0.4, 0.5) is 5.69 Å². The summed E-state index contributed by atoms with van der Waals surface area (Å²) < 4.78 is 10.5. The molecule has 0 aliphatic rings. The summed E-state index contributed by atoms with van der Waals surface area (Å²) in [7, 11) is 0. The molecular weight excluding hydrogens is 258 g/mol. The fourth-order valence-corrected chi connectivity index (χ4v) is 1.44. The van der Waals surface area contributed by atoms with Crippen LogP contribution < -0.4 is 10.1 Å². The van der Waals surface area contributed by atoms with Crippen LogP contribution in [0.1, 0.15) is 20.3 Å². The van der Waals surface area contributed by atoms with Gasteiger partial charge in [-0.05, 0) is 25.5 Å². The SMILES string of the molecule is C=CCCOC(C)C(=O)Oc1cccc(NC(C)=O)c1. The van der Waals surface area contributed by atoms with Crippen LogP contribution in [0, 0.1) is 0 Å². The molecule has 1 unspecified atom stereocenters. The minimum atomic E-state index is -0.653. The summed E-state index contributed by atoms with van der Waals surface area (Å²) >= 11 is 0. The first-order valence-electron chi connectivity index (χ1n) is 6.34. The lowest BCUT2D eigenvalue weighted by Crippen LogP contribution is -2.26. The number of carbonyl (C=O) groups excluding carboxylic acids is 2. The largest absolute Gasteiger partial charge is 0.425 e. The highest BCUT2D eigenvalue weighted by atomic mass is 16.6. The lowest BCUT2D eigenvalue weighted by Gasteiger charge is -2.12. The summed E-state index contributed by atoms with van der Waals surface area (Å²) in [6.07, 6.45) is 1.74. The molecule has 108 valence electrons. The van der Waals surface area contributed by atoms with Gasteiger partial charge in [0.1, 0.15) is 5.75 Å². The number of benzene rings is 1. The number of hydrogen-bond donors (Lipinski definition) is 1. The number of hydrogen-bond acceptors (Lipinski definition) is 4. The molecule has 0 saturated carbocycles. The average Bonchev–Trinajstić information content (AvgIpc) is 2.38. The van der Waals surface area contributed by atoms with Gasteiger partial charge in [-0.1, -0.05) is 12.1 Å². The number of amides is 1. The van der Waals surface area contributed by atoms with Crippen molar-refractivity contribution in [3.05, 3.63) is 36.9 Å². The van der Waals surface area contributed by atoms with Crippen LogP contribution in [-0.2, 0) is 14.3 Å². The highest BCUT2D eigenvalue weighted by Gasteiger charge is 2.15. The summed E-state index contributed by atoms with van der Waals surface area (Å²) in [5.41, 5.74) is 0.572. The van der Waals surface area contributed by atoms with E-state index in [1.165, 1.54) is 6.92 Å². The van der Waals surface area contributed by atoms with Crippen LogP contribution in [0.3, 0.4) is 0 Å². The van der Waals surface area contributed by atoms with Crippen molar-refractivity contribution in [2.45, 2.75) is 26.4 Å². The zero-order chi connectivity index (χ0) is 15.0. The standard InChI is InChI=1S/C15H19NO4/c1-4-5-9-19-11(2)15(18)20-14-8-6-7-13(10-14)16-12(3)17/h4,6-8,10-11H,1,5,9H2,2-3H3,(H,16,17). The summed E-state index contributed by atoms with van der Waals surface area (Å²) in [5, 5.41) is 2.62. The average molecular weight is 277 g/mol. The molecule has 0 radical (unpaired) electrons. The molecule has 0 heterocycles. The van der Waals surface area contributed by atoms with Crippen LogP contribution in [0.15, 0.2) is 36.9 Å². The minimum absolute atomic E-state index is 0.186. The Morgan fingerprint density at radius 2 is 2.20 bits per heavy atom. The molecule has 0 bridgehead atoms. The summed E-state index contributed by atoms with van der Waals surface area (Å²) in [4.78, 5) is 22.7. The van der Waals surface area contributed by atoms with Crippen LogP contribution in [0.25, 0.3) is 0 Å². The van der Waals surface area contributed by atoms with E-state index in [1.54, 1.807) is 37.3 Å². The number of nitrogens with one attached hydrogen (secondary N) is 1. The van der Waals surface area contributed by atoms with Crippen LogP contribution in [0.2, 0.25) is 0 Å². The van der Waals surface area contributed by atoms with E-state index < -0.39 is 12.1 Å². The number of anilines is 1. The Kier molecular flexibility index (Phi) is 6.46. The van der Waals surface area contributed by atoms with Crippen molar-refractivity contribution in [1.29, 1.82) is 0 Å². The molecule has 0 aliphatic heterocycles. The van der Waals surface area contributed by atoms with Gasteiger partial charge in [-0.3, -0.25) is 4.79 Å². The number of rotatable bonds is 7. The van der Waals surface area contributed by atoms with Gasteiger partial charge in [0.2, 0.25) is 5.91 Å². The maximum absolute atomic E-state index is 11.8. The third-order valence-corrected chi connectivity index (χ3v) is 2.39. The van der Waals surface area contributed by atoms with Gasteiger partial charge in [0.05, 0.1) is 6.61 Å². The number of ether oxygens (including phenoxy) is 2. The van der Waals surface area contributed by atoms with Crippen LogP contribution >= 0.6 is 0 Å². The Morgan fingerprint density at radius 1 is 1.45 bits per heavy atom. The van der Waals surface area contributed by atoms with Crippen molar-refractivity contribution < 1.29 is 19.1 Å². The van der Waals surface area contributed by atoms with E-state index in [4.69, 9.17) is 9.47 Å². The summed E-state index contributed by atoms with van der Waals surface area (Å²) in [6.45, 7) is 7.03. The van der Waals surface area contributed by atoms with Gasteiger partial charge in [-0.2, -0.15) is 0 Å². The molecule has 1 rings (SSSR count). The van der Waals surface area contributed by atoms with Gasteiger partial charge >= 0.3 is 5.97 Å². The van der Waals surface area contributed by atoms with E-state index in [9.17, 15) is 9.59 Å². The summed E-state index contributed by atoms with van der Waals surface area (Å²) in [5.74, 6) is -0.302. The van der Waals surface area contributed by atoms with Gasteiger partial charge in [0.15, 0.2) is 6.10 Å². The van der Waals surface area contributed by atoms with E-state index >= 15 is 0 Å². The maximum atomic E-state index is 11.8. The molecule has 5 heteroatoms. The molecule has 20 heavy (non-hydrogen) atoms. The Balaban J connectivity index is 2.56. The molecule has 0 spiro atoms. The zero-order valence-electron chi connectivity index (χ0n) is 11.7. The fourth-order valence-electron chi connectivity index (χ4n) is 1.44. The molecule has 1 atom stereocenters. The Bertz CT molecular complexity index is 485. The van der Waals surface area contributed by atoms with E-state index in [0.29, 0.717) is 24.5 Å². The van der Waals surface area contributed by atoms with Gasteiger partial charge in [-0.15, -0.1) is 6.58 Å². The molecular formula is C15H19NO4. The predicted molar refractivity (Wildman–Crippen MR) is 76.6 cm³/mol. The first kappa shape index (κ1) is 15.9. The minimum Gasteiger partial charge on any atom is -0.425 e. The molecule has 0 saturated heterocycles. The monoisotopic (exact) mass is 277 g/mol. The van der Waals surface area contributed by atoms with Crippen molar-refractivity contribution in [1.82, 2.24) is 0 Å². The number of carbonyl (C=O) groups is 2. The van der Waals surface area contributed by atoms with Gasteiger partial charge in [0, 0.05) is 18.7 Å². The third kappa shape index (κ3) is 5.67. The second-order valence-electron chi connectivity index (χ2n) is 4.22. The van der Waals surface area contributed by atoms with Gasteiger partial charge in [-0.25, -0.2) is 4.79 Å². The Labute approximate surface area is 118 Å². The van der Waals surface area contributed by atoms with E-state index in [0.717, 1.165) is 0 Å². The molecule has 0 fully saturated rings.